The number of anilines is 1. The maximum atomic E-state index is 5.61. The van der Waals surface area contributed by atoms with E-state index >= 15 is 0 Å². The van der Waals surface area contributed by atoms with E-state index in [-0.39, 0.29) is 0 Å². The third-order valence-corrected chi connectivity index (χ3v) is 2.28. The number of aromatic nitrogens is 1. The minimum atomic E-state index is 0.796. The molecule has 2 N–H and O–H groups in total. The van der Waals surface area contributed by atoms with Gasteiger partial charge in [0.15, 0.2) is 5.89 Å². The van der Waals surface area contributed by atoms with Gasteiger partial charge in [-0.05, 0) is 31.0 Å². The van der Waals surface area contributed by atoms with Gasteiger partial charge in [-0.3, -0.25) is 0 Å². The molecule has 0 aliphatic rings. The van der Waals surface area contributed by atoms with Crippen molar-refractivity contribution in [3.8, 4) is 0 Å². The zero-order valence-corrected chi connectivity index (χ0v) is 8.73. The zero-order valence-electron chi connectivity index (χ0n) is 8.73. The van der Waals surface area contributed by atoms with Crippen LogP contribution in [0.15, 0.2) is 34.9 Å². The summed E-state index contributed by atoms with van der Waals surface area (Å²) in [5.41, 5.74) is 7.65. The van der Waals surface area contributed by atoms with Gasteiger partial charge in [-0.15, -0.1) is 0 Å². The van der Waals surface area contributed by atoms with Crippen molar-refractivity contribution in [2.45, 2.75) is 19.8 Å². The number of benzene rings is 1. The molecule has 0 saturated heterocycles. The summed E-state index contributed by atoms with van der Waals surface area (Å²) < 4.78 is 5.39. The highest BCUT2D eigenvalue weighted by Crippen LogP contribution is 2.10. The van der Waals surface area contributed by atoms with E-state index in [0.29, 0.717) is 0 Å². The van der Waals surface area contributed by atoms with E-state index in [1.54, 1.807) is 6.20 Å². The van der Waals surface area contributed by atoms with Crippen molar-refractivity contribution < 1.29 is 4.42 Å². The maximum Gasteiger partial charge on any atom is 0.194 e. The first-order valence-corrected chi connectivity index (χ1v) is 5.00. The molecule has 2 aromatic rings. The third kappa shape index (κ3) is 2.59. The highest BCUT2D eigenvalue weighted by Gasteiger charge is 2.01. The molecule has 0 saturated carbocycles. The minimum absolute atomic E-state index is 0.796. The molecule has 0 aliphatic carbocycles. The van der Waals surface area contributed by atoms with Crippen LogP contribution in [0.4, 0.5) is 5.69 Å². The van der Waals surface area contributed by atoms with Gasteiger partial charge in [0.25, 0.3) is 0 Å². The summed E-state index contributed by atoms with van der Waals surface area (Å²) in [5.74, 6) is 1.66. The Morgan fingerprint density at radius 3 is 2.53 bits per heavy atom. The second-order valence-corrected chi connectivity index (χ2v) is 3.61. The van der Waals surface area contributed by atoms with E-state index in [1.807, 2.05) is 31.2 Å². The predicted octanol–water partition coefficient (Wildman–Crippen LogP) is 2.35. The first-order chi connectivity index (χ1) is 7.24. The first-order valence-electron chi connectivity index (χ1n) is 5.00. The van der Waals surface area contributed by atoms with E-state index < -0.39 is 0 Å². The van der Waals surface area contributed by atoms with Gasteiger partial charge in [-0.2, -0.15) is 0 Å². The van der Waals surface area contributed by atoms with E-state index in [4.69, 9.17) is 10.2 Å². The maximum absolute atomic E-state index is 5.61. The Morgan fingerprint density at radius 1 is 1.20 bits per heavy atom. The smallest absolute Gasteiger partial charge is 0.194 e. The molecular formula is C12H14N2O. The normalized spacial score (nSPS) is 10.5. The van der Waals surface area contributed by atoms with Crippen molar-refractivity contribution in [1.82, 2.24) is 4.98 Å². The Morgan fingerprint density at radius 2 is 1.93 bits per heavy atom. The molecule has 0 amide bonds. The lowest BCUT2D eigenvalue weighted by Gasteiger charge is -1.99. The molecule has 78 valence electrons. The topological polar surface area (TPSA) is 52.0 Å². The Hall–Kier alpha value is -1.77. The van der Waals surface area contributed by atoms with Crippen LogP contribution in [0.2, 0.25) is 0 Å². The van der Waals surface area contributed by atoms with E-state index in [9.17, 15) is 0 Å². The molecule has 3 nitrogen and oxygen atoms in total. The first kappa shape index (κ1) is 9.77. The van der Waals surface area contributed by atoms with Crippen LogP contribution in [-0.4, -0.2) is 4.98 Å². The number of hydrogen-bond donors (Lipinski definition) is 1. The number of rotatable bonds is 3. The van der Waals surface area contributed by atoms with Crippen molar-refractivity contribution in [2.24, 2.45) is 0 Å². The second-order valence-electron chi connectivity index (χ2n) is 3.61. The van der Waals surface area contributed by atoms with Gasteiger partial charge in [-0.25, -0.2) is 4.98 Å². The fraction of sp³-hybridized carbons (Fsp3) is 0.250. The van der Waals surface area contributed by atoms with Gasteiger partial charge >= 0.3 is 0 Å². The fourth-order valence-corrected chi connectivity index (χ4v) is 1.45. The molecule has 0 radical (unpaired) electrons. The molecule has 3 heteroatoms. The number of aryl methyl sites for hydroxylation is 3. The number of hydrogen-bond acceptors (Lipinski definition) is 3. The van der Waals surface area contributed by atoms with Crippen LogP contribution in [0.25, 0.3) is 0 Å². The van der Waals surface area contributed by atoms with Crippen LogP contribution in [0.3, 0.4) is 0 Å². The van der Waals surface area contributed by atoms with Gasteiger partial charge in [0.05, 0.1) is 6.20 Å². The van der Waals surface area contributed by atoms with Crippen LogP contribution in [-0.2, 0) is 12.8 Å². The number of nitrogens with two attached hydrogens (primary N) is 1. The molecule has 15 heavy (non-hydrogen) atoms. The molecule has 0 unspecified atom stereocenters. The molecule has 1 heterocycles. The lowest BCUT2D eigenvalue weighted by atomic mass is 10.1. The monoisotopic (exact) mass is 202 g/mol. The largest absolute Gasteiger partial charge is 0.446 e. The summed E-state index contributed by atoms with van der Waals surface area (Å²) >= 11 is 0. The summed E-state index contributed by atoms with van der Waals surface area (Å²) in [6.07, 6.45) is 3.51. The molecule has 0 atom stereocenters. The predicted molar refractivity (Wildman–Crippen MR) is 59.5 cm³/mol. The van der Waals surface area contributed by atoms with Crippen molar-refractivity contribution in [3.05, 3.63) is 47.7 Å². The highest BCUT2D eigenvalue weighted by molar-refractivity contribution is 5.39. The van der Waals surface area contributed by atoms with Crippen LogP contribution in [0, 0.1) is 6.92 Å². The molecule has 2 rings (SSSR count). The number of oxazole rings is 1. The zero-order chi connectivity index (χ0) is 10.7. The Kier molecular flexibility index (Phi) is 2.72. The van der Waals surface area contributed by atoms with Crippen molar-refractivity contribution in [3.63, 3.8) is 0 Å². The third-order valence-electron chi connectivity index (χ3n) is 2.28. The average molecular weight is 202 g/mol. The summed E-state index contributed by atoms with van der Waals surface area (Å²) in [6, 6.07) is 7.89. The number of nitrogen functional groups attached to an aromatic ring is 1. The van der Waals surface area contributed by atoms with Crippen molar-refractivity contribution in [2.75, 3.05) is 5.73 Å². The summed E-state index contributed by atoms with van der Waals surface area (Å²) in [5, 5.41) is 0. The van der Waals surface area contributed by atoms with Crippen LogP contribution in [0.1, 0.15) is 17.2 Å². The van der Waals surface area contributed by atoms with Gasteiger partial charge in [0, 0.05) is 12.1 Å². The Bertz CT molecular complexity index is 431. The highest BCUT2D eigenvalue weighted by atomic mass is 16.3. The van der Waals surface area contributed by atoms with Crippen LogP contribution < -0.4 is 5.73 Å². The molecular weight excluding hydrogens is 188 g/mol. The molecule has 1 aromatic heterocycles. The van der Waals surface area contributed by atoms with Gasteiger partial charge < -0.3 is 10.2 Å². The molecule has 0 fully saturated rings. The second kappa shape index (κ2) is 4.17. The van der Waals surface area contributed by atoms with Crippen molar-refractivity contribution in [1.29, 1.82) is 0 Å². The Balaban J connectivity index is 1.96. The average Bonchev–Trinajstić information content (AvgIpc) is 2.64. The van der Waals surface area contributed by atoms with E-state index in [0.717, 1.165) is 30.2 Å². The van der Waals surface area contributed by atoms with Crippen LogP contribution in [0.5, 0.6) is 0 Å². The van der Waals surface area contributed by atoms with E-state index in [1.165, 1.54) is 5.56 Å². The standard InChI is InChI=1S/C12H14N2O/c1-9-8-14-12(15-9)7-4-10-2-5-11(13)6-3-10/h2-3,5-6,8H,4,7,13H2,1H3. The van der Waals surface area contributed by atoms with Gasteiger partial charge in [0.2, 0.25) is 0 Å². The quantitative estimate of drug-likeness (QED) is 0.777. The van der Waals surface area contributed by atoms with Crippen molar-refractivity contribution >= 4 is 5.69 Å². The minimum Gasteiger partial charge on any atom is -0.446 e. The summed E-state index contributed by atoms with van der Waals surface area (Å²) in [7, 11) is 0. The van der Waals surface area contributed by atoms with Crippen LogP contribution >= 0.6 is 0 Å². The van der Waals surface area contributed by atoms with Gasteiger partial charge in [-0.1, -0.05) is 12.1 Å². The SMILES string of the molecule is Cc1cnc(CCc2ccc(N)cc2)o1. The Labute approximate surface area is 88.9 Å². The molecule has 0 spiro atoms. The lowest BCUT2D eigenvalue weighted by Crippen LogP contribution is -1.92. The molecule has 1 aromatic carbocycles. The lowest BCUT2D eigenvalue weighted by molar-refractivity contribution is 0.470. The van der Waals surface area contributed by atoms with E-state index in [2.05, 4.69) is 4.98 Å². The number of nitrogens with zero attached hydrogens (tertiary/aromatic N) is 1. The summed E-state index contributed by atoms with van der Waals surface area (Å²) in [6.45, 7) is 1.90. The molecule has 0 aliphatic heterocycles. The summed E-state index contributed by atoms with van der Waals surface area (Å²) in [4.78, 5) is 4.16. The fourth-order valence-electron chi connectivity index (χ4n) is 1.45. The van der Waals surface area contributed by atoms with Gasteiger partial charge in [0.1, 0.15) is 5.76 Å². The molecule has 0 bridgehead atoms.